The minimum atomic E-state index is -1.54. The zero-order chi connectivity index (χ0) is 22.5. The van der Waals surface area contributed by atoms with Gasteiger partial charge in [-0.2, -0.15) is 0 Å². The van der Waals surface area contributed by atoms with Crippen molar-refractivity contribution in [2.24, 2.45) is 10.8 Å². The van der Waals surface area contributed by atoms with Gasteiger partial charge in [0.1, 0.15) is 19.1 Å². The van der Waals surface area contributed by atoms with Crippen molar-refractivity contribution in [3.63, 3.8) is 0 Å². The number of hydrogen-bond acceptors (Lipinski definition) is 5. The Bertz CT molecular complexity index is 676. The SMILES string of the molecule is COCOCCOc1ccccc1C(N(C(=O)O)C(=O)O)(C(C)(C)C)C(C)(C)C. The number of rotatable bonds is 8. The zero-order valence-electron chi connectivity index (χ0n) is 18.3. The second kappa shape index (κ2) is 9.45. The second-order valence-electron chi connectivity index (χ2n) is 8.77. The molecule has 8 nitrogen and oxygen atoms in total. The zero-order valence-corrected chi connectivity index (χ0v) is 18.3. The van der Waals surface area contributed by atoms with Crippen LogP contribution in [0.15, 0.2) is 24.3 Å². The number of ether oxygens (including phenoxy) is 3. The Hall–Kier alpha value is -2.32. The van der Waals surface area contributed by atoms with Crippen LogP contribution in [0, 0.1) is 10.8 Å². The summed E-state index contributed by atoms with van der Waals surface area (Å²) in [5.41, 5.74) is -2.56. The summed E-state index contributed by atoms with van der Waals surface area (Å²) in [6.07, 6.45) is -3.08. The molecule has 0 atom stereocenters. The van der Waals surface area contributed by atoms with Crippen LogP contribution in [0.5, 0.6) is 5.75 Å². The first kappa shape index (κ1) is 24.7. The van der Waals surface area contributed by atoms with Crippen molar-refractivity contribution < 1.29 is 34.0 Å². The third-order valence-corrected chi connectivity index (χ3v) is 4.85. The van der Waals surface area contributed by atoms with Crippen molar-refractivity contribution in [1.29, 1.82) is 0 Å². The number of methoxy groups -OCH3 is 1. The molecule has 0 spiro atoms. The summed E-state index contributed by atoms with van der Waals surface area (Å²) in [5.74, 6) is 0.408. The Balaban J connectivity index is 3.69. The Morgan fingerprint density at radius 3 is 1.90 bits per heavy atom. The molecule has 0 unspecified atom stereocenters. The molecule has 0 heterocycles. The number of para-hydroxylation sites is 1. The molecule has 0 saturated heterocycles. The van der Waals surface area contributed by atoms with Gasteiger partial charge in [0, 0.05) is 12.7 Å². The highest BCUT2D eigenvalue weighted by Gasteiger charge is 2.61. The standard InChI is InChI=1S/C21H33NO7/c1-19(2,3)21(20(4,5)6,22(17(23)24)18(25)26)15-10-8-9-11-16(15)29-13-12-28-14-27-7/h8-11H,12-14H2,1-7H3,(H,23,24)(H,25,26). The average Bonchev–Trinajstić information content (AvgIpc) is 2.57. The lowest BCUT2D eigenvalue weighted by Gasteiger charge is -2.57. The van der Waals surface area contributed by atoms with E-state index >= 15 is 0 Å². The van der Waals surface area contributed by atoms with E-state index in [0.717, 1.165) is 0 Å². The number of carbonyl (C=O) groups is 2. The van der Waals surface area contributed by atoms with Crippen LogP contribution in [-0.2, 0) is 15.0 Å². The van der Waals surface area contributed by atoms with Crippen molar-refractivity contribution in [3.05, 3.63) is 29.8 Å². The lowest BCUT2D eigenvalue weighted by Crippen LogP contribution is -2.64. The number of hydrogen-bond donors (Lipinski definition) is 2. The van der Waals surface area contributed by atoms with E-state index in [2.05, 4.69) is 0 Å². The third-order valence-electron chi connectivity index (χ3n) is 4.85. The van der Waals surface area contributed by atoms with Gasteiger partial charge in [0.15, 0.2) is 0 Å². The van der Waals surface area contributed by atoms with Crippen LogP contribution in [0.3, 0.4) is 0 Å². The van der Waals surface area contributed by atoms with Gasteiger partial charge in [0.2, 0.25) is 0 Å². The van der Waals surface area contributed by atoms with E-state index in [1.54, 1.807) is 24.3 Å². The van der Waals surface area contributed by atoms with Crippen LogP contribution in [0.4, 0.5) is 9.59 Å². The van der Waals surface area contributed by atoms with E-state index in [4.69, 9.17) is 14.2 Å². The Kier molecular flexibility index (Phi) is 8.06. The summed E-state index contributed by atoms with van der Waals surface area (Å²) in [5, 5.41) is 19.8. The van der Waals surface area contributed by atoms with Crippen LogP contribution in [0.2, 0.25) is 0 Å². The van der Waals surface area contributed by atoms with Crippen molar-refractivity contribution in [2.75, 3.05) is 27.1 Å². The van der Waals surface area contributed by atoms with Crippen molar-refractivity contribution >= 4 is 12.2 Å². The number of benzene rings is 1. The minimum Gasteiger partial charge on any atom is -0.491 e. The van der Waals surface area contributed by atoms with E-state index in [0.29, 0.717) is 16.2 Å². The lowest BCUT2D eigenvalue weighted by molar-refractivity contribution is -0.0688. The number of imide groups is 1. The highest BCUT2D eigenvalue weighted by atomic mass is 16.7. The Morgan fingerprint density at radius 2 is 1.45 bits per heavy atom. The van der Waals surface area contributed by atoms with E-state index in [1.165, 1.54) is 7.11 Å². The molecule has 2 N–H and O–H groups in total. The fourth-order valence-corrected chi connectivity index (χ4v) is 4.34. The van der Waals surface area contributed by atoms with E-state index < -0.39 is 28.6 Å². The van der Waals surface area contributed by atoms with Crippen molar-refractivity contribution in [3.8, 4) is 5.75 Å². The van der Waals surface area contributed by atoms with Crippen LogP contribution >= 0.6 is 0 Å². The monoisotopic (exact) mass is 411 g/mol. The maximum Gasteiger partial charge on any atom is 0.417 e. The molecule has 164 valence electrons. The highest BCUT2D eigenvalue weighted by molar-refractivity contribution is 5.87. The molecule has 1 aromatic rings. The quantitative estimate of drug-likeness (QED) is 0.474. The van der Waals surface area contributed by atoms with Crippen LogP contribution in [0.25, 0.3) is 0 Å². The van der Waals surface area contributed by atoms with Crippen LogP contribution in [0.1, 0.15) is 47.1 Å². The van der Waals surface area contributed by atoms with Crippen molar-refractivity contribution in [1.82, 2.24) is 4.90 Å². The van der Waals surface area contributed by atoms with Gasteiger partial charge in [-0.05, 0) is 16.9 Å². The smallest absolute Gasteiger partial charge is 0.417 e. The molecule has 0 saturated carbocycles. The molecular formula is C21H33NO7. The Labute approximate surface area is 172 Å². The van der Waals surface area contributed by atoms with Crippen LogP contribution in [-0.4, -0.2) is 54.4 Å². The van der Waals surface area contributed by atoms with Gasteiger partial charge in [0.25, 0.3) is 0 Å². The second-order valence-corrected chi connectivity index (χ2v) is 8.77. The number of carboxylic acid groups (broad SMARTS) is 2. The first-order valence-electron chi connectivity index (χ1n) is 9.37. The predicted octanol–water partition coefficient (Wildman–Crippen LogP) is 4.63. The first-order valence-corrected chi connectivity index (χ1v) is 9.37. The molecule has 0 fully saturated rings. The summed E-state index contributed by atoms with van der Waals surface area (Å²) < 4.78 is 16.0. The molecule has 8 heteroatoms. The van der Waals surface area contributed by atoms with Gasteiger partial charge < -0.3 is 24.4 Å². The topological polar surface area (TPSA) is 106 Å². The lowest BCUT2D eigenvalue weighted by atomic mass is 9.56. The normalized spacial score (nSPS) is 12.5. The molecule has 0 aromatic heterocycles. The molecular weight excluding hydrogens is 378 g/mol. The van der Waals surface area contributed by atoms with Crippen molar-refractivity contribution in [2.45, 2.75) is 47.1 Å². The van der Waals surface area contributed by atoms with Gasteiger partial charge in [-0.1, -0.05) is 59.7 Å². The molecule has 0 bridgehead atoms. The Morgan fingerprint density at radius 1 is 0.931 bits per heavy atom. The molecule has 1 rings (SSSR count). The fraction of sp³-hybridized carbons (Fsp3) is 0.619. The van der Waals surface area contributed by atoms with Gasteiger partial charge in [0.05, 0.1) is 12.1 Å². The number of nitrogens with zero attached hydrogens (tertiary/aromatic N) is 1. The molecule has 2 amide bonds. The summed E-state index contributed by atoms with van der Waals surface area (Å²) in [6, 6.07) is 6.94. The molecule has 0 aliphatic rings. The van der Waals surface area contributed by atoms with Gasteiger partial charge in [-0.25, -0.2) is 14.5 Å². The largest absolute Gasteiger partial charge is 0.491 e. The maximum atomic E-state index is 12.2. The predicted molar refractivity (Wildman–Crippen MR) is 108 cm³/mol. The van der Waals surface area contributed by atoms with E-state index in [-0.39, 0.29) is 20.0 Å². The van der Waals surface area contributed by atoms with Gasteiger partial charge in [-0.15, -0.1) is 0 Å². The third kappa shape index (κ3) is 5.00. The maximum absolute atomic E-state index is 12.2. The van der Waals surface area contributed by atoms with E-state index in [9.17, 15) is 19.8 Å². The average molecular weight is 411 g/mol. The summed E-state index contributed by atoms with van der Waals surface area (Å²) in [7, 11) is 1.52. The molecule has 0 radical (unpaired) electrons. The van der Waals surface area contributed by atoms with Crippen LogP contribution < -0.4 is 4.74 Å². The molecule has 0 aliphatic heterocycles. The molecule has 1 aromatic carbocycles. The molecule has 29 heavy (non-hydrogen) atoms. The highest BCUT2D eigenvalue weighted by Crippen LogP contribution is 2.57. The van der Waals surface area contributed by atoms with Gasteiger partial charge in [-0.3, -0.25) is 0 Å². The summed E-state index contributed by atoms with van der Waals surface area (Å²) >= 11 is 0. The summed E-state index contributed by atoms with van der Waals surface area (Å²) in [6.45, 7) is 11.6. The number of amides is 2. The first-order chi connectivity index (χ1) is 13.3. The molecule has 0 aliphatic carbocycles. The summed E-state index contributed by atoms with van der Waals surface area (Å²) in [4.78, 5) is 24.8. The minimum absolute atomic E-state index is 0.130. The van der Waals surface area contributed by atoms with Gasteiger partial charge >= 0.3 is 12.2 Å². The fourth-order valence-electron chi connectivity index (χ4n) is 4.34. The van der Waals surface area contributed by atoms with E-state index in [1.807, 2.05) is 41.5 Å².